The van der Waals surface area contributed by atoms with E-state index < -0.39 is 18.0 Å². The van der Waals surface area contributed by atoms with Gasteiger partial charge in [0, 0.05) is 13.1 Å². The molecular weight excluding hydrogens is 262 g/mol. The number of carbonyl (C=O) groups is 3. The third-order valence-corrected chi connectivity index (χ3v) is 3.61. The van der Waals surface area contributed by atoms with E-state index in [2.05, 4.69) is 10.6 Å². The van der Waals surface area contributed by atoms with E-state index in [1.54, 1.807) is 6.92 Å². The standard InChI is InChI=1S/C13H23N3O4/c1-3-9-5-6-16(10(7-9)12(18)19)13(20)15-8-11(17)14-4-2/h9-10H,3-8H2,1-2H3,(H,14,17)(H,15,20)(H,18,19). The van der Waals surface area contributed by atoms with Gasteiger partial charge < -0.3 is 20.6 Å². The molecule has 20 heavy (non-hydrogen) atoms. The fourth-order valence-electron chi connectivity index (χ4n) is 2.40. The van der Waals surface area contributed by atoms with Crippen molar-refractivity contribution in [3.8, 4) is 0 Å². The van der Waals surface area contributed by atoms with Crippen LogP contribution in [-0.2, 0) is 9.59 Å². The maximum atomic E-state index is 12.0. The van der Waals surface area contributed by atoms with Crippen molar-refractivity contribution in [3.05, 3.63) is 0 Å². The molecule has 0 aromatic rings. The van der Waals surface area contributed by atoms with Gasteiger partial charge in [-0.05, 0) is 25.7 Å². The second kappa shape index (κ2) is 7.72. The Morgan fingerprint density at radius 1 is 1.25 bits per heavy atom. The maximum absolute atomic E-state index is 12.0. The van der Waals surface area contributed by atoms with Crippen LogP contribution in [0, 0.1) is 5.92 Å². The molecule has 114 valence electrons. The van der Waals surface area contributed by atoms with Crippen LogP contribution in [0.5, 0.6) is 0 Å². The number of likely N-dealkylation sites (N-methyl/N-ethyl adjacent to an activating group) is 1. The van der Waals surface area contributed by atoms with Crippen LogP contribution in [0.1, 0.15) is 33.1 Å². The number of aliphatic carboxylic acids is 1. The number of piperidine rings is 1. The van der Waals surface area contributed by atoms with Gasteiger partial charge in [-0.25, -0.2) is 9.59 Å². The summed E-state index contributed by atoms with van der Waals surface area (Å²) in [5.41, 5.74) is 0. The Balaban J connectivity index is 2.56. The van der Waals surface area contributed by atoms with Crippen molar-refractivity contribution in [2.75, 3.05) is 19.6 Å². The molecule has 7 nitrogen and oxygen atoms in total. The Kier molecular flexibility index (Phi) is 6.27. The summed E-state index contributed by atoms with van der Waals surface area (Å²) in [6.07, 6.45) is 2.19. The van der Waals surface area contributed by atoms with Crippen molar-refractivity contribution in [1.29, 1.82) is 0 Å². The molecule has 1 heterocycles. The summed E-state index contributed by atoms with van der Waals surface area (Å²) in [5, 5.41) is 14.3. The first-order valence-electron chi connectivity index (χ1n) is 7.03. The molecule has 0 aromatic carbocycles. The minimum Gasteiger partial charge on any atom is -0.480 e. The first-order chi connectivity index (χ1) is 9.49. The Morgan fingerprint density at radius 3 is 2.50 bits per heavy atom. The van der Waals surface area contributed by atoms with Gasteiger partial charge in [0.05, 0.1) is 6.54 Å². The number of nitrogens with one attached hydrogen (secondary N) is 2. The molecule has 1 aliphatic heterocycles. The summed E-state index contributed by atoms with van der Waals surface area (Å²) in [6, 6.07) is -1.29. The van der Waals surface area contributed by atoms with Crippen molar-refractivity contribution in [2.45, 2.75) is 39.2 Å². The van der Waals surface area contributed by atoms with Gasteiger partial charge in [0.2, 0.25) is 5.91 Å². The molecule has 1 fully saturated rings. The molecule has 0 aromatic heterocycles. The van der Waals surface area contributed by atoms with Crippen molar-refractivity contribution >= 4 is 17.9 Å². The minimum absolute atomic E-state index is 0.132. The molecule has 1 aliphatic rings. The van der Waals surface area contributed by atoms with E-state index in [0.717, 1.165) is 12.8 Å². The summed E-state index contributed by atoms with van der Waals surface area (Å²) in [5.74, 6) is -0.934. The van der Waals surface area contributed by atoms with Gasteiger partial charge in [0.25, 0.3) is 0 Å². The summed E-state index contributed by atoms with van der Waals surface area (Å²) in [7, 11) is 0. The Hall–Kier alpha value is -1.79. The van der Waals surface area contributed by atoms with E-state index in [9.17, 15) is 19.5 Å². The zero-order valence-electron chi connectivity index (χ0n) is 12.0. The molecule has 2 atom stereocenters. The summed E-state index contributed by atoms with van der Waals surface area (Å²) in [4.78, 5) is 35.9. The molecular formula is C13H23N3O4. The zero-order valence-corrected chi connectivity index (χ0v) is 12.0. The van der Waals surface area contributed by atoms with Crippen molar-refractivity contribution in [3.63, 3.8) is 0 Å². The number of urea groups is 1. The predicted octanol–water partition coefficient (Wildman–Crippen LogP) is 0.407. The van der Waals surface area contributed by atoms with Gasteiger partial charge in [0.15, 0.2) is 0 Å². The number of nitrogens with zero attached hydrogens (tertiary/aromatic N) is 1. The number of carbonyl (C=O) groups excluding carboxylic acids is 2. The van der Waals surface area contributed by atoms with E-state index >= 15 is 0 Å². The zero-order chi connectivity index (χ0) is 15.1. The topological polar surface area (TPSA) is 98.7 Å². The van der Waals surface area contributed by atoms with Crippen LogP contribution in [0.15, 0.2) is 0 Å². The number of carboxylic acid groups (broad SMARTS) is 1. The molecule has 7 heteroatoms. The summed E-state index contributed by atoms with van der Waals surface area (Å²) >= 11 is 0. The Labute approximate surface area is 118 Å². The van der Waals surface area contributed by atoms with Crippen molar-refractivity contribution in [1.82, 2.24) is 15.5 Å². The van der Waals surface area contributed by atoms with Crippen LogP contribution in [0.4, 0.5) is 4.79 Å². The highest BCUT2D eigenvalue weighted by atomic mass is 16.4. The average molecular weight is 285 g/mol. The second-order valence-corrected chi connectivity index (χ2v) is 4.96. The van der Waals surface area contributed by atoms with Crippen LogP contribution < -0.4 is 10.6 Å². The Morgan fingerprint density at radius 2 is 1.95 bits per heavy atom. The number of amides is 3. The number of carboxylic acids is 1. The van der Waals surface area contributed by atoms with E-state index in [1.807, 2.05) is 6.92 Å². The highest BCUT2D eigenvalue weighted by Gasteiger charge is 2.35. The van der Waals surface area contributed by atoms with Gasteiger partial charge in [-0.15, -0.1) is 0 Å². The summed E-state index contributed by atoms with van der Waals surface area (Å²) < 4.78 is 0. The predicted molar refractivity (Wildman–Crippen MR) is 73.2 cm³/mol. The van der Waals surface area contributed by atoms with Gasteiger partial charge in [-0.1, -0.05) is 13.3 Å². The average Bonchev–Trinajstić information content (AvgIpc) is 2.44. The maximum Gasteiger partial charge on any atom is 0.326 e. The quantitative estimate of drug-likeness (QED) is 0.681. The lowest BCUT2D eigenvalue weighted by Gasteiger charge is -2.36. The third kappa shape index (κ3) is 4.40. The van der Waals surface area contributed by atoms with E-state index in [-0.39, 0.29) is 12.5 Å². The number of rotatable bonds is 5. The lowest BCUT2D eigenvalue weighted by Crippen LogP contribution is -2.54. The number of hydrogen-bond acceptors (Lipinski definition) is 3. The van der Waals surface area contributed by atoms with Crippen molar-refractivity contribution < 1.29 is 19.5 Å². The van der Waals surface area contributed by atoms with Crippen LogP contribution in [0.25, 0.3) is 0 Å². The van der Waals surface area contributed by atoms with E-state index in [0.29, 0.717) is 25.4 Å². The van der Waals surface area contributed by atoms with E-state index in [4.69, 9.17) is 0 Å². The molecule has 3 N–H and O–H groups in total. The molecule has 0 spiro atoms. The highest BCUT2D eigenvalue weighted by molar-refractivity contribution is 5.86. The number of likely N-dealkylation sites (tertiary alicyclic amines) is 1. The van der Waals surface area contributed by atoms with Crippen LogP contribution >= 0.6 is 0 Å². The first-order valence-corrected chi connectivity index (χ1v) is 7.03. The van der Waals surface area contributed by atoms with Crippen molar-refractivity contribution in [2.24, 2.45) is 5.92 Å². The molecule has 0 aliphatic carbocycles. The smallest absolute Gasteiger partial charge is 0.326 e. The lowest BCUT2D eigenvalue weighted by molar-refractivity contribution is -0.144. The lowest BCUT2D eigenvalue weighted by atomic mass is 9.89. The second-order valence-electron chi connectivity index (χ2n) is 4.96. The van der Waals surface area contributed by atoms with Crippen LogP contribution in [0.3, 0.4) is 0 Å². The molecule has 0 saturated carbocycles. The van der Waals surface area contributed by atoms with Crippen LogP contribution in [-0.4, -0.2) is 53.6 Å². The number of hydrogen-bond donors (Lipinski definition) is 3. The molecule has 2 unspecified atom stereocenters. The van der Waals surface area contributed by atoms with Gasteiger partial charge in [-0.3, -0.25) is 4.79 Å². The first kappa shape index (κ1) is 16.3. The Bertz CT molecular complexity index is 373. The third-order valence-electron chi connectivity index (χ3n) is 3.61. The fraction of sp³-hybridized carbons (Fsp3) is 0.769. The highest BCUT2D eigenvalue weighted by Crippen LogP contribution is 2.25. The van der Waals surface area contributed by atoms with Gasteiger partial charge >= 0.3 is 12.0 Å². The summed E-state index contributed by atoms with van der Waals surface area (Å²) in [6.45, 7) is 4.59. The van der Waals surface area contributed by atoms with E-state index in [1.165, 1.54) is 4.90 Å². The normalized spacial score (nSPS) is 22.2. The van der Waals surface area contributed by atoms with Gasteiger partial charge in [0.1, 0.15) is 6.04 Å². The minimum atomic E-state index is -0.990. The molecule has 1 saturated heterocycles. The molecule has 0 bridgehead atoms. The SMILES string of the molecule is CCNC(=O)CNC(=O)N1CCC(CC)CC1C(=O)O. The molecule has 0 radical (unpaired) electrons. The molecule has 1 rings (SSSR count). The fourth-order valence-corrected chi connectivity index (χ4v) is 2.40. The van der Waals surface area contributed by atoms with Crippen LogP contribution in [0.2, 0.25) is 0 Å². The largest absolute Gasteiger partial charge is 0.480 e. The van der Waals surface area contributed by atoms with Gasteiger partial charge in [-0.2, -0.15) is 0 Å². The monoisotopic (exact) mass is 285 g/mol. The molecule has 3 amide bonds.